The van der Waals surface area contributed by atoms with Crippen LogP contribution in [-0.4, -0.2) is 18.4 Å². The molecule has 0 radical (unpaired) electrons. The van der Waals surface area contributed by atoms with E-state index in [2.05, 4.69) is 10.6 Å². The van der Waals surface area contributed by atoms with Crippen LogP contribution in [0.25, 0.3) is 0 Å². The Morgan fingerprint density at radius 2 is 1.83 bits per heavy atom. The zero-order chi connectivity index (χ0) is 17.0. The number of carbonyl (C=O) groups is 2. The van der Waals surface area contributed by atoms with Crippen molar-refractivity contribution in [2.75, 3.05) is 17.2 Å². The molecule has 0 aliphatic carbocycles. The quantitative estimate of drug-likeness (QED) is 0.771. The van der Waals surface area contributed by atoms with Crippen LogP contribution < -0.4 is 16.4 Å². The Hall–Kier alpha value is -2.24. The normalized spacial score (nSPS) is 10.2. The number of benzene rings is 2. The van der Waals surface area contributed by atoms with Crippen molar-refractivity contribution in [1.29, 1.82) is 0 Å². The first-order chi connectivity index (χ1) is 10.9. The summed E-state index contributed by atoms with van der Waals surface area (Å²) in [6.45, 7) is 1.84. The number of amides is 2. The van der Waals surface area contributed by atoms with E-state index in [-0.39, 0.29) is 18.0 Å². The number of anilines is 2. The largest absolute Gasteiger partial charge is 0.375 e. The molecule has 0 saturated heterocycles. The van der Waals surface area contributed by atoms with Gasteiger partial charge < -0.3 is 16.4 Å². The van der Waals surface area contributed by atoms with E-state index in [1.165, 1.54) is 12.1 Å². The molecule has 0 spiro atoms. The second-order valence-electron chi connectivity index (χ2n) is 4.94. The molecule has 4 N–H and O–H groups in total. The van der Waals surface area contributed by atoms with Gasteiger partial charge in [0.1, 0.15) is 0 Å². The average Bonchev–Trinajstić information content (AvgIpc) is 2.48. The van der Waals surface area contributed by atoms with Crippen molar-refractivity contribution in [3.63, 3.8) is 0 Å². The molecular weight excluding hydrogens is 337 g/mol. The fourth-order valence-electron chi connectivity index (χ4n) is 1.97. The number of primary amides is 1. The van der Waals surface area contributed by atoms with Crippen molar-refractivity contribution in [1.82, 2.24) is 0 Å². The van der Waals surface area contributed by atoms with E-state index in [1.54, 1.807) is 18.2 Å². The van der Waals surface area contributed by atoms with Crippen molar-refractivity contribution < 1.29 is 9.59 Å². The Morgan fingerprint density at radius 1 is 1.09 bits per heavy atom. The summed E-state index contributed by atoms with van der Waals surface area (Å²) in [6.07, 6.45) is 0. The number of nitrogens with one attached hydrogen (secondary N) is 2. The van der Waals surface area contributed by atoms with Gasteiger partial charge in [0, 0.05) is 10.7 Å². The predicted molar refractivity (Wildman–Crippen MR) is 93.3 cm³/mol. The molecule has 2 aromatic rings. The fraction of sp³-hybridized carbons (Fsp3) is 0.125. The van der Waals surface area contributed by atoms with Crippen LogP contribution in [-0.2, 0) is 4.79 Å². The minimum Gasteiger partial charge on any atom is -0.375 e. The Kier molecular flexibility index (Phi) is 5.47. The van der Waals surface area contributed by atoms with Crippen molar-refractivity contribution in [2.45, 2.75) is 6.92 Å². The topological polar surface area (TPSA) is 84.2 Å². The van der Waals surface area contributed by atoms with E-state index < -0.39 is 5.91 Å². The first kappa shape index (κ1) is 17.1. The molecule has 0 heterocycles. The van der Waals surface area contributed by atoms with Gasteiger partial charge in [-0.05, 0) is 42.8 Å². The smallest absolute Gasteiger partial charge is 0.250 e. The Balaban J connectivity index is 2.05. The molecule has 2 rings (SSSR count). The van der Waals surface area contributed by atoms with Gasteiger partial charge in [0.15, 0.2) is 0 Å². The molecule has 23 heavy (non-hydrogen) atoms. The Morgan fingerprint density at radius 3 is 2.48 bits per heavy atom. The Bertz CT molecular complexity index is 763. The lowest BCUT2D eigenvalue weighted by Gasteiger charge is -2.12. The molecule has 0 atom stereocenters. The molecule has 5 nitrogen and oxygen atoms in total. The number of hydrogen-bond donors (Lipinski definition) is 3. The zero-order valence-corrected chi connectivity index (χ0v) is 13.8. The fourth-order valence-corrected chi connectivity index (χ4v) is 2.42. The molecule has 0 aromatic heterocycles. The number of hydrogen-bond acceptors (Lipinski definition) is 3. The van der Waals surface area contributed by atoms with Gasteiger partial charge in [-0.2, -0.15) is 0 Å². The molecule has 7 heteroatoms. The number of rotatable bonds is 5. The predicted octanol–water partition coefficient (Wildman–Crippen LogP) is 3.45. The Labute approximate surface area is 143 Å². The van der Waals surface area contributed by atoms with Gasteiger partial charge in [-0.25, -0.2) is 0 Å². The number of aryl methyl sites for hydroxylation is 1. The van der Waals surface area contributed by atoms with Crippen LogP contribution in [0.4, 0.5) is 11.4 Å². The summed E-state index contributed by atoms with van der Waals surface area (Å²) in [7, 11) is 0. The van der Waals surface area contributed by atoms with Gasteiger partial charge in [-0.3, -0.25) is 9.59 Å². The molecule has 0 unspecified atom stereocenters. The van der Waals surface area contributed by atoms with Crippen molar-refractivity contribution >= 4 is 46.4 Å². The highest BCUT2D eigenvalue weighted by Crippen LogP contribution is 2.23. The maximum absolute atomic E-state index is 12.0. The minimum absolute atomic E-state index is 0.0647. The zero-order valence-electron chi connectivity index (χ0n) is 12.3. The summed E-state index contributed by atoms with van der Waals surface area (Å²) in [5.41, 5.74) is 7.46. The van der Waals surface area contributed by atoms with Crippen LogP contribution in [0.15, 0.2) is 36.4 Å². The highest BCUT2D eigenvalue weighted by molar-refractivity contribution is 6.33. The third-order valence-electron chi connectivity index (χ3n) is 3.09. The van der Waals surface area contributed by atoms with Crippen molar-refractivity contribution in [3.8, 4) is 0 Å². The first-order valence-corrected chi connectivity index (χ1v) is 7.51. The summed E-state index contributed by atoms with van der Waals surface area (Å²) >= 11 is 12.0. The third-order valence-corrected chi connectivity index (χ3v) is 3.63. The summed E-state index contributed by atoms with van der Waals surface area (Å²) in [5.74, 6) is -0.919. The molecule has 0 aliphatic rings. The van der Waals surface area contributed by atoms with Gasteiger partial charge in [0.2, 0.25) is 5.91 Å². The van der Waals surface area contributed by atoms with Crippen LogP contribution in [0, 0.1) is 6.92 Å². The molecule has 2 amide bonds. The second-order valence-corrected chi connectivity index (χ2v) is 5.78. The minimum atomic E-state index is -0.605. The summed E-state index contributed by atoms with van der Waals surface area (Å²) in [5, 5.41) is 6.42. The third kappa shape index (κ3) is 4.61. The van der Waals surface area contributed by atoms with Crippen LogP contribution in [0.1, 0.15) is 15.9 Å². The summed E-state index contributed by atoms with van der Waals surface area (Å²) in [4.78, 5) is 23.4. The van der Waals surface area contributed by atoms with E-state index in [1.807, 2.05) is 13.0 Å². The van der Waals surface area contributed by atoms with Gasteiger partial charge >= 0.3 is 0 Å². The summed E-state index contributed by atoms with van der Waals surface area (Å²) in [6, 6.07) is 9.92. The van der Waals surface area contributed by atoms with Crippen LogP contribution in [0.3, 0.4) is 0 Å². The highest BCUT2D eigenvalue weighted by atomic mass is 35.5. The maximum Gasteiger partial charge on any atom is 0.250 e. The van der Waals surface area contributed by atoms with Crippen LogP contribution in [0.2, 0.25) is 10.0 Å². The molecule has 0 fully saturated rings. The lowest BCUT2D eigenvalue weighted by atomic mass is 10.1. The van der Waals surface area contributed by atoms with E-state index in [0.717, 1.165) is 5.56 Å². The monoisotopic (exact) mass is 351 g/mol. The lowest BCUT2D eigenvalue weighted by molar-refractivity contribution is -0.114. The van der Waals surface area contributed by atoms with Gasteiger partial charge in [-0.1, -0.05) is 29.3 Å². The molecule has 0 bridgehead atoms. The molecular formula is C16H15Cl2N3O2. The molecule has 2 aromatic carbocycles. The van der Waals surface area contributed by atoms with Crippen LogP contribution in [0.5, 0.6) is 0 Å². The highest BCUT2D eigenvalue weighted by Gasteiger charge is 2.11. The number of halogens is 2. The van der Waals surface area contributed by atoms with Crippen molar-refractivity contribution in [2.24, 2.45) is 5.73 Å². The van der Waals surface area contributed by atoms with Gasteiger partial charge in [-0.15, -0.1) is 0 Å². The second kappa shape index (κ2) is 7.35. The number of nitrogens with two attached hydrogens (primary N) is 1. The van der Waals surface area contributed by atoms with E-state index in [0.29, 0.717) is 21.4 Å². The SMILES string of the molecule is Cc1ccc(NC(=O)CNc2cc(Cl)ccc2C(N)=O)c(Cl)c1. The molecule has 120 valence electrons. The van der Waals surface area contributed by atoms with Gasteiger partial charge in [0.05, 0.1) is 22.8 Å². The average molecular weight is 352 g/mol. The van der Waals surface area contributed by atoms with E-state index in [9.17, 15) is 9.59 Å². The van der Waals surface area contributed by atoms with Gasteiger partial charge in [0.25, 0.3) is 5.91 Å². The first-order valence-electron chi connectivity index (χ1n) is 6.76. The molecule has 0 saturated carbocycles. The van der Waals surface area contributed by atoms with E-state index in [4.69, 9.17) is 28.9 Å². The molecule has 0 aliphatic heterocycles. The summed E-state index contributed by atoms with van der Waals surface area (Å²) < 4.78 is 0. The maximum atomic E-state index is 12.0. The lowest BCUT2D eigenvalue weighted by Crippen LogP contribution is -2.23. The van der Waals surface area contributed by atoms with Crippen LogP contribution >= 0.6 is 23.2 Å². The van der Waals surface area contributed by atoms with E-state index >= 15 is 0 Å². The number of carbonyl (C=O) groups excluding carboxylic acids is 2. The van der Waals surface area contributed by atoms with Crippen molar-refractivity contribution in [3.05, 3.63) is 57.6 Å². The standard InChI is InChI=1S/C16H15Cl2N3O2/c1-9-2-5-13(12(18)6-9)21-15(22)8-20-14-7-10(17)3-4-11(14)16(19)23/h2-7,20H,8H2,1H3,(H2,19,23)(H,21,22).